The molecule has 0 fully saturated rings. The number of aryl methyl sites for hydroxylation is 3. The smallest absolute Gasteiger partial charge is 0.261 e. The summed E-state index contributed by atoms with van der Waals surface area (Å²) in [6, 6.07) is 9.58. The van der Waals surface area contributed by atoms with Crippen LogP contribution in [0.3, 0.4) is 0 Å². The molecule has 0 aliphatic carbocycles. The Kier molecular flexibility index (Phi) is 7.14. The van der Waals surface area contributed by atoms with Gasteiger partial charge in [-0.1, -0.05) is 30.7 Å². The average molecular weight is 390 g/mol. The number of halogens is 1. The zero-order valence-corrected chi connectivity index (χ0v) is 17.6. The first kappa shape index (κ1) is 21.1. The van der Waals surface area contributed by atoms with Crippen molar-refractivity contribution in [1.29, 1.82) is 0 Å². The van der Waals surface area contributed by atoms with Crippen LogP contribution in [-0.2, 0) is 4.79 Å². The van der Waals surface area contributed by atoms with Crippen molar-refractivity contribution in [2.24, 2.45) is 0 Å². The van der Waals surface area contributed by atoms with Gasteiger partial charge in [-0.25, -0.2) is 0 Å². The van der Waals surface area contributed by atoms with Gasteiger partial charge in [0.15, 0.2) is 6.10 Å². The quantitative estimate of drug-likeness (QED) is 0.698. The fourth-order valence-corrected chi connectivity index (χ4v) is 3.17. The number of benzene rings is 2. The molecule has 0 saturated heterocycles. The SMILES string of the molecule is CC[C@@H](NC(=O)[C@@H](C)Oc1cc(C)c(Cl)c(C)c1)c1ccc(OC)c(C)c1. The van der Waals surface area contributed by atoms with Crippen molar-refractivity contribution >= 4 is 17.5 Å². The Hall–Kier alpha value is -2.20. The minimum atomic E-state index is -0.613. The topological polar surface area (TPSA) is 47.6 Å². The number of rotatable bonds is 7. The van der Waals surface area contributed by atoms with Crippen molar-refractivity contribution in [3.63, 3.8) is 0 Å². The number of carbonyl (C=O) groups is 1. The second-order valence-corrected chi connectivity index (χ2v) is 7.21. The monoisotopic (exact) mass is 389 g/mol. The van der Waals surface area contributed by atoms with Crippen molar-refractivity contribution in [1.82, 2.24) is 5.32 Å². The van der Waals surface area contributed by atoms with Gasteiger partial charge in [0.1, 0.15) is 11.5 Å². The summed E-state index contributed by atoms with van der Waals surface area (Å²) < 4.78 is 11.2. The van der Waals surface area contributed by atoms with Gasteiger partial charge < -0.3 is 14.8 Å². The van der Waals surface area contributed by atoms with E-state index in [9.17, 15) is 4.79 Å². The maximum atomic E-state index is 12.6. The Morgan fingerprint density at radius 2 is 1.74 bits per heavy atom. The van der Waals surface area contributed by atoms with E-state index in [1.54, 1.807) is 14.0 Å². The highest BCUT2D eigenvalue weighted by Gasteiger charge is 2.20. The van der Waals surface area contributed by atoms with E-state index in [1.807, 2.05) is 58.0 Å². The molecule has 4 nitrogen and oxygen atoms in total. The van der Waals surface area contributed by atoms with Gasteiger partial charge >= 0.3 is 0 Å². The molecule has 0 bridgehead atoms. The lowest BCUT2D eigenvalue weighted by Gasteiger charge is -2.22. The lowest BCUT2D eigenvalue weighted by atomic mass is 10.0. The number of carbonyl (C=O) groups excluding carboxylic acids is 1. The van der Waals surface area contributed by atoms with Crippen LogP contribution in [0, 0.1) is 20.8 Å². The Morgan fingerprint density at radius 1 is 1.11 bits per heavy atom. The molecule has 0 heterocycles. The van der Waals surface area contributed by atoms with Crippen molar-refractivity contribution in [2.45, 2.75) is 53.2 Å². The summed E-state index contributed by atoms with van der Waals surface area (Å²) in [6.45, 7) is 9.63. The molecule has 0 unspecified atom stereocenters. The number of amides is 1. The summed E-state index contributed by atoms with van der Waals surface area (Å²) in [6.07, 6.45) is 0.169. The van der Waals surface area contributed by atoms with E-state index in [-0.39, 0.29) is 11.9 Å². The van der Waals surface area contributed by atoms with E-state index in [1.165, 1.54) is 0 Å². The van der Waals surface area contributed by atoms with Crippen LogP contribution in [0.5, 0.6) is 11.5 Å². The minimum absolute atomic E-state index is 0.0816. The van der Waals surface area contributed by atoms with Crippen LogP contribution >= 0.6 is 11.6 Å². The largest absolute Gasteiger partial charge is 0.496 e. The standard InChI is InChI=1S/C22H28ClNO3/c1-7-19(17-8-9-20(26-6)13(2)10-17)24-22(25)16(5)27-18-11-14(3)21(23)15(4)12-18/h8-12,16,19H,7H2,1-6H3,(H,24,25)/t16-,19-/m1/s1. The Labute approximate surface area is 166 Å². The molecule has 0 radical (unpaired) electrons. The van der Waals surface area contributed by atoms with Gasteiger partial charge in [0, 0.05) is 5.02 Å². The first-order valence-electron chi connectivity index (χ1n) is 9.15. The first-order valence-corrected chi connectivity index (χ1v) is 9.52. The first-order chi connectivity index (χ1) is 12.8. The van der Waals surface area contributed by atoms with Crippen LogP contribution in [0.2, 0.25) is 5.02 Å². The van der Waals surface area contributed by atoms with Gasteiger partial charge in [0.25, 0.3) is 5.91 Å². The number of ether oxygens (including phenoxy) is 2. The normalized spacial score (nSPS) is 13.0. The molecule has 146 valence electrons. The molecule has 2 aromatic carbocycles. The summed E-state index contributed by atoms with van der Waals surface area (Å²) in [5.74, 6) is 1.33. The Bertz CT molecular complexity index is 796. The van der Waals surface area contributed by atoms with E-state index in [0.29, 0.717) is 5.75 Å². The number of hydrogen-bond acceptors (Lipinski definition) is 3. The summed E-state index contributed by atoms with van der Waals surface area (Å²) in [5.41, 5.74) is 3.95. The van der Waals surface area contributed by atoms with E-state index in [4.69, 9.17) is 21.1 Å². The maximum absolute atomic E-state index is 12.6. The molecule has 1 N–H and O–H groups in total. The third kappa shape index (κ3) is 5.16. The predicted octanol–water partition coefficient (Wildman–Crippen LogP) is 5.31. The fraction of sp³-hybridized carbons (Fsp3) is 0.409. The molecule has 27 heavy (non-hydrogen) atoms. The van der Waals surface area contributed by atoms with Crippen LogP contribution in [-0.4, -0.2) is 19.1 Å². The van der Waals surface area contributed by atoms with Gasteiger partial charge in [0.2, 0.25) is 0 Å². The second-order valence-electron chi connectivity index (χ2n) is 6.83. The molecule has 2 rings (SSSR count). The average Bonchev–Trinajstić information content (AvgIpc) is 2.63. The molecule has 5 heteroatoms. The highest BCUT2D eigenvalue weighted by molar-refractivity contribution is 6.32. The Morgan fingerprint density at radius 3 is 2.26 bits per heavy atom. The molecule has 0 aliphatic heterocycles. The minimum Gasteiger partial charge on any atom is -0.496 e. The summed E-state index contributed by atoms with van der Waals surface area (Å²) in [7, 11) is 1.65. The van der Waals surface area contributed by atoms with E-state index >= 15 is 0 Å². The Balaban J connectivity index is 2.08. The number of nitrogens with one attached hydrogen (secondary N) is 1. The molecular weight excluding hydrogens is 362 g/mol. The molecule has 1 amide bonds. The molecular formula is C22H28ClNO3. The zero-order valence-electron chi connectivity index (χ0n) is 16.9. The molecule has 0 saturated carbocycles. The number of hydrogen-bond donors (Lipinski definition) is 1. The lowest BCUT2D eigenvalue weighted by Crippen LogP contribution is -2.38. The van der Waals surface area contributed by atoms with Gasteiger partial charge in [-0.15, -0.1) is 0 Å². The second kappa shape index (κ2) is 9.14. The molecule has 0 spiro atoms. The van der Waals surface area contributed by atoms with Gasteiger partial charge in [0.05, 0.1) is 13.2 Å². The molecule has 0 aromatic heterocycles. The lowest BCUT2D eigenvalue weighted by molar-refractivity contribution is -0.128. The van der Waals surface area contributed by atoms with E-state index in [2.05, 4.69) is 5.32 Å². The van der Waals surface area contributed by atoms with Crippen LogP contribution in [0.1, 0.15) is 48.6 Å². The van der Waals surface area contributed by atoms with E-state index in [0.717, 1.165) is 39.4 Å². The van der Waals surface area contributed by atoms with Crippen LogP contribution in [0.15, 0.2) is 30.3 Å². The van der Waals surface area contributed by atoms with Crippen molar-refractivity contribution in [3.05, 3.63) is 57.6 Å². The fourth-order valence-electron chi connectivity index (χ4n) is 3.06. The summed E-state index contributed by atoms with van der Waals surface area (Å²) >= 11 is 6.19. The highest BCUT2D eigenvalue weighted by Crippen LogP contribution is 2.27. The third-order valence-electron chi connectivity index (χ3n) is 4.64. The molecule has 2 aromatic rings. The van der Waals surface area contributed by atoms with Crippen molar-refractivity contribution < 1.29 is 14.3 Å². The van der Waals surface area contributed by atoms with Crippen LogP contribution < -0.4 is 14.8 Å². The molecule has 0 aliphatic rings. The predicted molar refractivity (Wildman–Crippen MR) is 110 cm³/mol. The zero-order chi connectivity index (χ0) is 20.1. The van der Waals surface area contributed by atoms with Crippen LogP contribution in [0.25, 0.3) is 0 Å². The third-order valence-corrected chi connectivity index (χ3v) is 5.23. The highest BCUT2D eigenvalue weighted by atomic mass is 35.5. The van der Waals surface area contributed by atoms with Crippen LogP contribution in [0.4, 0.5) is 0 Å². The number of methoxy groups -OCH3 is 1. The van der Waals surface area contributed by atoms with E-state index < -0.39 is 6.10 Å². The van der Waals surface area contributed by atoms with Gasteiger partial charge in [-0.2, -0.15) is 0 Å². The van der Waals surface area contributed by atoms with Gasteiger partial charge in [-0.3, -0.25) is 4.79 Å². The maximum Gasteiger partial charge on any atom is 0.261 e. The van der Waals surface area contributed by atoms with Gasteiger partial charge in [-0.05, 0) is 74.6 Å². The summed E-state index contributed by atoms with van der Waals surface area (Å²) in [5, 5.41) is 3.80. The molecule has 2 atom stereocenters. The van der Waals surface area contributed by atoms with Crippen molar-refractivity contribution in [2.75, 3.05) is 7.11 Å². The van der Waals surface area contributed by atoms with Crippen molar-refractivity contribution in [3.8, 4) is 11.5 Å². The summed E-state index contributed by atoms with van der Waals surface area (Å²) in [4.78, 5) is 12.6.